The number of hydrazine groups is 2. The molecular formula is C20H31N5O2. The van der Waals surface area contributed by atoms with Crippen LogP contribution in [0.2, 0.25) is 0 Å². The van der Waals surface area contributed by atoms with Gasteiger partial charge in [-0.05, 0) is 61.7 Å². The van der Waals surface area contributed by atoms with Crippen LogP contribution < -0.4 is 21.8 Å². The van der Waals surface area contributed by atoms with Gasteiger partial charge in [0.2, 0.25) is 0 Å². The van der Waals surface area contributed by atoms with Crippen molar-refractivity contribution in [2.75, 3.05) is 13.1 Å². The fourth-order valence-corrected chi connectivity index (χ4v) is 4.09. The molecule has 2 atom stereocenters. The van der Waals surface area contributed by atoms with Crippen LogP contribution in [0.4, 0.5) is 0 Å². The molecule has 27 heavy (non-hydrogen) atoms. The Kier molecular flexibility index (Phi) is 6.68. The first-order valence-corrected chi connectivity index (χ1v) is 9.90. The van der Waals surface area contributed by atoms with Gasteiger partial charge in [0.05, 0.1) is 5.92 Å². The zero-order chi connectivity index (χ0) is 19.2. The molecule has 7 nitrogen and oxygen atoms in total. The van der Waals surface area contributed by atoms with Crippen molar-refractivity contribution in [1.82, 2.24) is 21.8 Å². The third kappa shape index (κ3) is 5.20. The predicted octanol–water partition coefficient (Wildman–Crippen LogP) is 1.99. The molecule has 1 saturated heterocycles. The fraction of sp³-hybridized carbons (Fsp3) is 0.600. The molecule has 5 N–H and O–H groups in total. The van der Waals surface area contributed by atoms with Crippen LogP contribution >= 0.6 is 0 Å². The van der Waals surface area contributed by atoms with E-state index in [0.29, 0.717) is 30.5 Å². The zero-order valence-corrected chi connectivity index (χ0v) is 16.2. The summed E-state index contributed by atoms with van der Waals surface area (Å²) in [5, 5.41) is 17.4. The number of amidine groups is 1. The highest BCUT2D eigenvalue weighted by Gasteiger charge is 2.34. The minimum absolute atomic E-state index is 0.211. The Morgan fingerprint density at radius 2 is 1.93 bits per heavy atom. The topological polar surface area (TPSA) is 97.8 Å². The Labute approximate surface area is 160 Å². The smallest absolute Gasteiger partial charge is 0.307 e. The molecule has 1 aromatic rings. The highest BCUT2D eigenvalue weighted by Crippen LogP contribution is 2.28. The SMILES string of the molecule is CC(C)C[C@H](C(=O)O)[C@H](Cc1ccc(C2CCNCC2)cc1)C1=NNNN1. The summed E-state index contributed by atoms with van der Waals surface area (Å²) in [6.07, 6.45) is 3.62. The number of benzene rings is 1. The van der Waals surface area contributed by atoms with Crippen LogP contribution in [0.15, 0.2) is 29.4 Å². The maximum Gasteiger partial charge on any atom is 0.307 e. The second kappa shape index (κ2) is 9.19. The van der Waals surface area contributed by atoms with E-state index in [4.69, 9.17) is 0 Å². The minimum atomic E-state index is -0.767. The molecule has 2 aliphatic rings. The zero-order valence-electron chi connectivity index (χ0n) is 16.2. The number of aliphatic carboxylic acids is 1. The van der Waals surface area contributed by atoms with Crippen LogP contribution in [0.1, 0.15) is 50.2 Å². The molecule has 0 aromatic heterocycles. The largest absolute Gasteiger partial charge is 0.481 e. The molecule has 0 spiro atoms. The number of hydrogen-bond donors (Lipinski definition) is 5. The fourth-order valence-electron chi connectivity index (χ4n) is 4.09. The first-order valence-electron chi connectivity index (χ1n) is 9.90. The van der Waals surface area contributed by atoms with Crippen molar-refractivity contribution >= 4 is 11.8 Å². The lowest BCUT2D eigenvalue weighted by Gasteiger charge is -2.26. The van der Waals surface area contributed by atoms with Gasteiger partial charge in [-0.25, -0.2) is 5.53 Å². The van der Waals surface area contributed by atoms with E-state index in [1.165, 1.54) is 18.4 Å². The summed E-state index contributed by atoms with van der Waals surface area (Å²) in [6.45, 7) is 6.27. The van der Waals surface area contributed by atoms with Crippen molar-refractivity contribution < 1.29 is 9.90 Å². The van der Waals surface area contributed by atoms with Gasteiger partial charge in [-0.1, -0.05) is 38.1 Å². The van der Waals surface area contributed by atoms with E-state index in [1.807, 2.05) is 0 Å². The lowest BCUT2D eigenvalue weighted by Crippen LogP contribution is -2.42. The molecule has 3 rings (SSSR count). The van der Waals surface area contributed by atoms with Gasteiger partial charge in [0.15, 0.2) is 0 Å². The Balaban J connectivity index is 1.75. The van der Waals surface area contributed by atoms with Crippen LogP contribution in [0.25, 0.3) is 0 Å². The van der Waals surface area contributed by atoms with Crippen LogP contribution in [-0.2, 0) is 11.2 Å². The molecule has 0 unspecified atom stereocenters. The average molecular weight is 374 g/mol. The Morgan fingerprint density at radius 1 is 1.22 bits per heavy atom. The van der Waals surface area contributed by atoms with E-state index in [-0.39, 0.29) is 5.92 Å². The van der Waals surface area contributed by atoms with Gasteiger partial charge in [-0.15, -0.1) is 10.6 Å². The molecule has 7 heteroatoms. The quantitative estimate of drug-likeness (QED) is 0.478. The predicted molar refractivity (Wildman–Crippen MR) is 106 cm³/mol. The lowest BCUT2D eigenvalue weighted by molar-refractivity contribution is -0.143. The second-order valence-corrected chi connectivity index (χ2v) is 8.01. The van der Waals surface area contributed by atoms with Crippen LogP contribution in [0.3, 0.4) is 0 Å². The monoisotopic (exact) mass is 373 g/mol. The third-order valence-electron chi connectivity index (χ3n) is 5.55. The molecule has 1 aromatic carbocycles. The number of carboxylic acids is 1. The summed E-state index contributed by atoms with van der Waals surface area (Å²) in [4.78, 5) is 12.0. The highest BCUT2D eigenvalue weighted by atomic mass is 16.4. The first kappa shape index (κ1) is 19.6. The van der Waals surface area contributed by atoms with E-state index < -0.39 is 11.9 Å². The summed E-state index contributed by atoms with van der Waals surface area (Å²) in [7, 11) is 0. The Morgan fingerprint density at radius 3 is 2.48 bits per heavy atom. The van der Waals surface area contributed by atoms with Gasteiger partial charge in [0, 0.05) is 5.92 Å². The van der Waals surface area contributed by atoms with Crippen LogP contribution in [-0.4, -0.2) is 30.0 Å². The molecule has 0 aliphatic carbocycles. The number of hydrogen-bond acceptors (Lipinski definition) is 6. The summed E-state index contributed by atoms with van der Waals surface area (Å²) >= 11 is 0. The van der Waals surface area contributed by atoms with Gasteiger partial charge < -0.3 is 10.4 Å². The number of rotatable bonds is 8. The lowest BCUT2D eigenvalue weighted by atomic mass is 9.80. The number of carboxylic acid groups (broad SMARTS) is 1. The number of nitrogens with one attached hydrogen (secondary N) is 4. The van der Waals surface area contributed by atoms with E-state index in [2.05, 4.69) is 65.0 Å². The van der Waals surface area contributed by atoms with Crippen LogP contribution in [0, 0.1) is 17.8 Å². The first-order chi connectivity index (χ1) is 13.0. The normalized spacial score (nSPS) is 19.9. The molecule has 0 saturated carbocycles. The average Bonchev–Trinajstić information content (AvgIpc) is 3.20. The molecule has 0 amide bonds. The highest BCUT2D eigenvalue weighted by molar-refractivity contribution is 5.89. The third-order valence-corrected chi connectivity index (χ3v) is 5.55. The van der Waals surface area contributed by atoms with Gasteiger partial charge >= 0.3 is 5.97 Å². The minimum Gasteiger partial charge on any atom is -0.481 e. The van der Waals surface area contributed by atoms with Crippen molar-refractivity contribution in [3.8, 4) is 0 Å². The maximum absolute atomic E-state index is 12.0. The number of nitrogens with zero attached hydrogens (tertiary/aromatic N) is 1. The van der Waals surface area contributed by atoms with E-state index in [1.54, 1.807) is 0 Å². The van der Waals surface area contributed by atoms with Crippen molar-refractivity contribution in [1.29, 1.82) is 0 Å². The Hall–Kier alpha value is -2.12. The van der Waals surface area contributed by atoms with Crippen molar-refractivity contribution in [2.45, 2.75) is 45.4 Å². The second-order valence-electron chi connectivity index (χ2n) is 8.01. The van der Waals surface area contributed by atoms with Gasteiger partial charge in [-0.2, -0.15) is 0 Å². The maximum atomic E-state index is 12.0. The molecular weight excluding hydrogens is 342 g/mol. The van der Waals surface area contributed by atoms with E-state index in [9.17, 15) is 9.90 Å². The molecule has 0 bridgehead atoms. The Bertz CT molecular complexity index is 653. The summed E-state index contributed by atoms with van der Waals surface area (Å²) in [5.41, 5.74) is 10.9. The molecule has 2 heterocycles. The summed E-state index contributed by atoms with van der Waals surface area (Å²) in [5.74, 6) is 0.123. The van der Waals surface area contributed by atoms with E-state index >= 15 is 0 Å². The van der Waals surface area contributed by atoms with Crippen molar-refractivity contribution in [3.63, 3.8) is 0 Å². The van der Waals surface area contributed by atoms with E-state index in [0.717, 1.165) is 18.7 Å². The summed E-state index contributed by atoms with van der Waals surface area (Å²) in [6, 6.07) is 8.71. The molecule has 2 aliphatic heterocycles. The number of piperidine rings is 1. The van der Waals surface area contributed by atoms with Crippen molar-refractivity contribution in [3.05, 3.63) is 35.4 Å². The molecule has 148 valence electrons. The van der Waals surface area contributed by atoms with Gasteiger partial charge in [-0.3, -0.25) is 10.2 Å². The summed E-state index contributed by atoms with van der Waals surface area (Å²) < 4.78 is 0. The number of carbonyl (C=O) groups is 1. The molecule has 1 fully saturated rings. The number of hydrazone groups is 1. The van der Waals surface area contributed by atoms with Gasteiger partial charge in [0.25, 0.3) is 0 Å². The van der Waals surface area contributed by atoms with Gasteiger partial charge in [0.1, 0.15) is 5.84 Å². The van der Waals surface area contributed by atoms with Crippen LogP contribution in [0.5, 0.6) is 0 Å². The standard InChI is InChI=1S/C20H31N5O2/c1-13(2)11-18(20(26)27)17(19-22-24-25-23-19)12-14-3-5-15(6-4-14)16-7-9-21-10-8-16/h3-6,13,16-18,21,24-25H,7-12H2,1-2H3,(H,22,23)(H,26,27)/t17-,18-/m0/s1. The van der Waals surface area contributed by atoms with Crippen molar-refractivity contribution in [2.24, 2.45) is 22.9 Å². The molecule has 0 radical (unpaired) electrons.